The van der Waals surface area contributed by atoms with E-state index >= 15 is 0 Å². The minimum absolute atomic E-state index is 0.00146. The maximum absolute atomic E-state index is 12.4. The second-order valence-corrected chi connectivity index (χ2v) is 3.96. The highest BCUT2D eigenvalue weighted by Gasteiger charge is 2.31. The van der Waals surface area contributed by atoms with E-state index in [1.54, 1.807) is 19.0 Å². The number of hydrogen-bond acceptors (Lipinski definition) is 3. The predicted octanol–water partition coefficient (Wildman–Crippen LogP) is 2.41. The van der Waals surface area contributed by atoms with Crippen LogP contribution >= 0.6 is 11.6 Å². The van der Waals surface area contributed by atoms with Gasteiger partial charge in [0.2, 0.25) is 0 Å². The molecule has 1 rings (SSSR count). The highest BCUT2D eigenvalue weighted by molar-refractivity contribution is 6.33. The van der Waals surface area contributed by atoms with Crippen LogP contribution in [-0.2, 0) is 6.18 Å². The average molecular weight is 268 g/mol. The summed E-state index contributed by atoms with van der Waals surface area (Å²) in [6.45, 7) is 1.30. The summed E-state index contributed by atoms with van der Waals surface area (Å²) in [7, 11) is 3.51. The van der Waals surface area contributed by atoms with Crippen molar-refractivity contribution in [3.05, 3.63) is 22.8 Å². The first kappa shape index (κ1) is 14.1. The maximum Gasteiger partial charge on any atom is 0.417 e. The third-order valence-corrected chi connectivity index (χ3v) is 2.49. The Morgan fingerprint density at radius 3 is 2.59 bits per heavy atom. The van der Waals surface area contributed by atoms with Crippen molar-refractivity contribution in [1.82, 2.24) is 10.3 Å². The second-order valence-electron chi connectivity index (χ2n) is 3.55. The Morgan fingerprint density at radius 2 is 2.12 bits per heavy atom. The highest BCUT2D eigenvalue weighted by Crippen LogP contribution is 2.33. The SMILES string of the molecule is CNCCN(C)c1ncc(C(F)(F)F)cc1Cl. The molecule has 0 spiro atoms. The van der Waals surface area contributed by atoms with Crippen LogP contribution in [0.15, 0.2) is 12.3 Å². The highest BCUT2D eigenvalue weighted by atomic mass is 35.5. The lowest BCUT2D eigenvalue weighted by Gasteiger charge is -2.19. The molecule has 17 heavy (non-hydrogen) atoms. The zero-order valence-electron chi connectivity index (χ0n) is 9.48. The van der Waals surface area contributed by atoms with Gasteiger partial charge in [-0.25, -0.2) is 4.98 Å². The van der Waals surface area contributed by atoms with Crippen LogP contribution in [0.4, 0.5) is 19.0 Å². The molecule has 3 nitrogen and oxygen atoms in total. The quantitative estimate of drug-likeness (QED) is 0.908. The molecule has 0 bridgehead atoms. The molecule has 1 aromatic rings. The standard InChI is InChI=1S/C10H13ClF3N3/c1-15-3-4-17(2)9-8(11)5-7(6-16-9)10(12,13)14/h5-6,15H,3-4H2,1-2H3. The topological polar surface area (TPSA) is 28.2 Å². The van der Waals surface area contributed by atoms with E-state index in [1.165, 1.54) is 0 Å². The molecule has 0 unspecified atom stereocenters. The van der Waals surface area contributed by atoms with Crippen LogP contribution < -0.4 is 10.2 Å². The predicted molar refractivity (Wildman–Crippen MR) is 61.4 cm³/mol. The molecular formula is C10H13ClF3N3. The van der Waals surface area contributed by atoms with Crippen LogP contribution in [0.5, 0.6) is 0 Å². The lowest BCUT2D eigenvalue weighted by atomic mass is 10.2. The first-order valence-corrected chi connectivity index (χ1v) is 5.32. The molecule has 0 atom stereocenters. The zero-order valence-corrected chi connectivity index (χ0v) is 10.2. The summed E-state index contributed by atoms with van der Waals surface area (Å²) in [5.74, 6) is 0.343. The van der Waals surface area contributed by atoms with Crippen LogP contribution in [0.3, 0.4) is 0 Å². The number of alkyl halides is 3. The number of nitrogens with one attached hydrogen (secondary N) is 1. The van der Waals surface area contributed by atoms with Crippen molar-refractivity contribution in [2.24, 2.45) is 0 Å². The van der Waals surface area contributed by atoms with E-state index < -0.39 is 11.7 Å². The van der Waals surface area contributed by atoms with Crippen molar-refractivity contribution in [2.75, 3.05) is 32.1 Å². The summed E-state index contributed by atoms with van der Waals surface area (Å²) in [5.41, 5.74) is -0.840. The molecule has 0 aliphatic heterocycles. The monoisotopic (exact) mass is 267 g/mol. The summed E-state index contributed by atoms with van der Waals surface area (Å²) < 4.78 is 37.1. The smallest absolute Gasteiger partial charge is 0.357 e. The molecule has 0 radical (unpaired) electrons. The molecule has 7 heteroatoms. The number of hydrogen-bond donors (Lipinski definition) is 1. The minimum Gasteiger partial charge on any atom is -0.357 e. The Kier molecular flexibility index (Phi) is 4.59. The molecule has 0 saturated heterocycles. The Balaban J connectivity index is 2.90. The Bertz CT molecular complexity index is 382. The largest absolute Gasteiger partial charge is 0.417 e. The summed E-state index contributed by atoms with van der Waals surface area (Å²) in [5, 5.41) is 2.93. The first-order valence-electron chi connectivity index (χ1n) is 4.94. The maximum atomic E-state index is 12.4. The van der Waals surface area contributed by atoms with Crippen molar-refractivity contribution in [3.8, 4) is 0 Å². The van der Waals surface area contributed by atoms with Crippen molar-refractivity contribution in [3.63, 3.8) is 0 Å². The van der Waals surface area contributed by atoms with Crippen LogP contribution in [0.25, 0.3) is 0 Å². The van der Waals surface area contributed by atoms with E-state index in [0.717, 1.165) is 12.3 Å². The van der Waals surface area contributed by atoms with E-state index in [-0.39, 0.29) is 5.02 Å². The Morgan fingerprint density at radius 1 is 1.47 bits per heavy atom. The van der Waals surface area contributed by atoms with Crippen LogP contribution in [-0.4, -0.2) is 32.2 Å². The van der Waals surface area contributed by atoms with Crippen molar-refractivity contribution in [2.45, 2.75) is 6.18 Å². The number of halogens is 4. The van der Waals surface area contributed by atoms with E-state index in [2.05, 4.69) is 10.3 Å². The van der Waals surface area contributed by atoms with Crippen molar-refractivity contribution in [1.29, 1.82) is 0 Å². The molecule has 0 aliphatic rings. The van der Waals surface area contributed by atoms with Gasteiger partial charge in [-0.05, 0) is 13.1 Å². The van der Waals surface area contributed by atoms with Gasteiger partial charge in [-0.1, -0.05) is 11.6 Å². The molecule has 0 fully saturated rings. The van der Waals surface area contributed by atoms with Gasteiger partial charge >= 0.3 is 6.18 Å². The minimum atomic E-state index is -4.42. The van der Waals surface area contributed by atoms with Crippen molar-refractivity contribution >= 4 is 17.4 Å². The number of pyridine rings is 1. The Labute approximate surface area is 103 Å². The molecule has 1 N–H and O–H groups in total. The van der Waals surface area contributed by atoms with Gasteiger partial charge in [-0.3, -0.25) is 0 Å². The third kappa shape index (κ3) is 3.74. The van der Waals surface area contributed by atoms with Crippen LogP contribution in [0.1, 0.15) is 5.56 Å². The molecule has 1 heterocycles. The molecule has 1 aromatic heterocycles. The lowest BCUT2D eigenvalue weighted by Crippen LogP contribution is -2.28. The third-order valence-electron chi connectivity index (χ3n) is 2.21. The van der Waals surface area contributed by atoms with Crippen LogP contribution in [0.2, 0.25) is 5.02 Å². The number of rotatable bonds is 4. The lowest BCUT2D eigenvalue weighted by molar-refractivity contribution is -0.137. The number of nitrogens with zero attached hydrogens (tertiary/aromatic N) is 2. The Hall–Kier alpha value is -1.01. The molecule has 0 amide bonds. The second kappa shape index (κ2) is 5.55. The molecule has 0 saturated carbocycles. The van der Waals surface area contributed by atoms with Crippen LogP contribution in [0, 0.1) is 0 Å². The summed E-state index contributed by atoms with van der Waals surface area (Å²) in [6.07, 6.45) is -3.63. The van der Waals surface area contributed by atoms with Gasteiger partial charge in [0.05, 0.1) is 10.6 Å². The summed E-state index contributed by atoms with van der Waals surface area (Å²) in [6, 6.07) is 0.889. The molecule has 0 aromatic carbocycles. The molecule has 0 aliphatic carbocycles. The number of likely N-dealkylation sites (N-methyl/N-ethyl adjacent to an activating group) is 2. The molecular weight excluding hydrogens is 255 g/mol. The fraction of sp³-hybridized carbons (Fsp3) is 0.500. The van der Waals surface area contributed by atoms with E-state index in [1.807, 2.05) is 0 Å². The normalized spacial score (nSPS) is 11.6. The number of anilines is 1. The van der Waals surface area contributed by atoms with E-state index in [9.17, 15) is 13.2 Å². The average Bonchev–Trinajstić information content (AvgIpc) is 2.24. The van der Waals surface area contributed by atoms with Gasteiger partial charge in [0.1, 0.15) is 5.82 Å². The van der Waals surface area contributed by atoms with E-state index in [4.69, 9.17) is 11.6 Å². The van der Waals surface area contributed by atoms with Crippen molar-refractivity contribution < 1.29 is 13.2 Å². The van der Waals surface area contributed by atoms with E-state index in [0.29, 0.717) is 18.9 Å². The fourth-order valence-corrected chi connectivity index (χ4v) is 1.56. The zero-order chi connectivity index (χ0) is 13.1. The van der Waals surface area contributed by atoms with Gasteiger partial charge in [0.25, 0.3) is 0 Å². The summed E-state index contributed by atoms with van der Waals surface area (Å²) >= 11 is 5.78. The van der Waals surface area contributed by atoms with Gasteiger partial charge < -0.3 is 10.2 Å². The molecule has 96 valence electrons. The summed E-state index contributed by atoms with van der Waals surface area (Å²) in [4.78, 5) is 5.44. The number of aromatic nitrogens is 1. The fourth-order valence-electron chi connectivity index (χ4n) is 1.25. The van der Waals surface area contributed by atoms with Gasteiger partial charge in [-0.15, -0.1) is 0 Å². The van der Waals surface area contributed by atoms with Gasteiger partial charge in [0, 0.05) is 26.3 Å². The first-order chi connectivity index (χ1) is 7.86. The van der Waals surface area contributed by atoms with Gasteiger partial charge in [-0.2, -0.15) is 13.2 Å². The van der Waals surface area contributed by atoms with Gasteiger partial charge in [0.15, 0.2) is 0 Å².